The average Bonchev–Trinajstić information content (AvgIpc) is 2.71. The maximum absolute atomic E-state index is 12.8. The maximum atomic E-state index is 12.8. The summed E-state index contributed by atoms with van der Waals surface area (Å²) < 4.78 is 27.9. The Morgan fingerprint density at radius 1 is 0.931 bits per heavy atom. The summed E-state index contributed by atoms with van der Waals surface area (Å²) in [7, 11) is 2.94. The minimum atomic E-state index is -1.53. The number of carbonyl (C=O) groups excluding carboxylic acids is 2. The van der Waals surface area contributed by atoms with Crippen molar-refractivity contribution in [1.82, 2.24) is 0 Å². The van der Waals surface area contributed by atoms with E-state index in [0.29, 0.717) is 26.2 Å². The van der Waals surface area contributed by atoms with Gasteiger partial charge in [-0.1, -0.05) is 12.1 Å². The van der Waals surface area contributed by atoms with Gasteiger partial charge in [0.25, 0.3) is 6.10 Å². The Balaban J connectivity index is 2.25. The molecule has 0 fully saturated rings. The molecule has 2 aromatic rings. The first kappa shape index (κ1) is 23.0. The molecule has 7 nitrogen and oxygen atoms in total. The lowest BCUT2D eigenvalue weighted by Gasteiger charge is -2.20. The van der Waals surface area contributed by atoms with E-state index in [4.69, 9.17) is 23.7 Å². The van der Waals surface area contributed by atoms with E-state index in [1.54, 1.807) is 43.3 Å². The van der Waals surface area contributed by atoms with Crippen molar-refractivity contribution in [3.05, 3.63) is 45.3 Å². The molecule has 0 radical (unpaired) electrons. The fraction of sp³-hybridized carbons (Fsp3) is 0.300. The van der Waals surface area contributed by atoms with Crippen LogP contribution in [0.4, 0.5) is 0 Å². The number of hydrogen-bond acceptors (Lipinski definition) is 7. The molecule has 0 aliphatic rings. The van der Waals surface area contributed by atoms with E-state index in [-0.39, 0.29) is 12.4 Å². The number of benzene rings is 2. The van der Waals surface area contributed by atoms with Gasteiger partial charge in [0.05, 0.1) is 29.8 Å². The maximum Gasteiger partial charge on any atom is 0.355 e. The van der Waals surface area contributed by atoms with Crippen molar-refractivity contribution in [3.63, 3.8) is 0 Å². The number of carbonyl (C=O) groups is 2. The zero-order valence-corrected chi connectivity index (χ0v) is 19.2. The molecule has 0 heterocycles. The van der Waals surface area contributed by atoms with Crippen LogP contribution in [-0.4, -0.2) is 45.3 Å². The lowest BCUT2D eigenvalue weighted by atomic mass is 10.2. The second-order valence-corrected chi connectivity index (χ2v) is 7.26. The first-order valence-electron chi connectivity index (χ1n) is 8.56. The van der Waals surface area contributed by atoms with E-state index in [0.717, 1.165) is 0 Å². The molecule has 29 heavy (non-hydrogen) atoms. The molecule has 2 rings (SSSR count). The Hall–Kier alpha value is -2.26. The highest BCUT2D eigenvalue weighted by atomic mass is 79.9. The topological polar surface area (TPSA) is 80.3 Å². The van der Waals surface area contributed by atoms with Gasteiger partial charge in [0.15, 0.2) is 29.6 Å². The fourth-order valence-electron chi connectivity index (χ4n) is 2.35. The molecule has 0 N–H and O–H groups in total. The highest BCUT2D eigenvalue weighted by molar-refractivity contribution is 9.10. The van der Waals surface area contributed by atoms with Gasteiger partial charge >= 0.3 is 5.97 Å². The van der Waals surface area contributed by atoms with E-state index in [2.05, 4.69) is 31.9 Å². The molecule has 1 unspecified atom stereocenters. The third-order valence-corrected chi connectivity index (χ3v) is 4.94. The van der Waals surface area contributed by atoms with E-state index < -0.39 is 24.5 Å². The van der Waals surface area contributed by atoms with Crippen LogP contribution in [0.3, 0.4) is 0 Å². The molecule has 0 aliphatic heterocycles. The van der Waals surface area contributed by atoms with Crippen LogP contribution in [0.15, 0.2) is 45.3 Å². The number of ketones is 1. The second-order valence-electron chi connectivity index (χ2n) is 5.55. The Morgan fingerprint density at radius 2 is 1.48 bits per heavy atom. The van der Waals surface area contributed by atoms with E-state index in [1.165, 1.54) is 14.2 Å². The summed E-state index contributed by atoms with van der Waals surface area (Å²) in [5, 5.41) is 0. The first-order chi connectivity index (χ1) is 13.9. The van der Waals surface area contributed by atoms with Crippen LogP contribution in [0.5, 0.6) is 23.0 Å². The van der Waals surface area contributed by atoms with Gasteiger partial charge in [-0.05, 0) is 63.0 Å². The predicted molar refractivity (Wildman–Crippen MR) is 113 cm³/mol. The number of rotatable bonds is 10. The van der Waals surface area contributed by atoms with Crippen molar-refractivity contribution in [2.24, 2.45) is 0 Å². The third-order valence-electron chi connectivity index (χ3n) is 3.69. The van der Waals surface area contributed by atoms with E-state index in [1.807, 2.05) is 0 Å². The van der Waals surface area contributed by atoms with E-state index in [9.17, 15) is 9.59 Å². The zero-order valence-electron chi connectivity index (χ0n) is 16.1. The van der Waals surface area contributed by atoms with Crippen LogP contribution in [-0.2, 0) is 14.3 Å². The van der Waals surface area contributed by atoms with Crippen LogP contribution in [0, 0.1) is 0 Å². The largest absolute Gasteiger partial charge is 0.493 e. The molecule has 9 heteroatoms. The van der Waals surface area contributed by atoms with Crippen LogP contribution in [0.1, 0.15) is 6.92 Å². The molecule has 0 aromatic heterocycles. The fourth-order valence-corrected chi connectivity index (χ4v) is 3.26. The highest BCUT2D eigenvalue weighted by Gasteiger charge is 2.32. The van der Waals surface area contributed by atoms with Crippen LogP contribution >= 0.6 is 31.9 Å². The number of methoxy groups -OCH3 is 2. The van der Waals surface area contributed by atoms with Crippen LogP contribution in [0.2, 0.25) is 0 Å². The average molecular weight is 532 g/mol. The molecule has 0 bridgehead atoms. The molecule has 2 aromatic carbocycles. The summed E-state index contributed by atoms with van der Waals surface area (Å²) in [5.41, 5.74) is 0. The van der Waals surface area contributed by atoms with Gasteiger partial charge in [-0.15, -0.1) is 0 Å². The Labute approximate surface area is 185 Å². The molecular weight excluding hydrogens is 512 g/mol. The SMILES string of the molecule is CCOC(=O)C(Oc1c(Br)cccc1OC)C(=O)COc1c(Br)cccc1OC. The monoisotopic (exact) mass is 530 g/mol. The van der Waals surface area contributed by atoms with Gasteiger partial charge in [0, 0.05) is 0 Å². The predicted octanol–water partition coefficient (Wildman–Crippen LogP) is 4.19. The second kappa shape index (κ2) is 11.1. The molecule has 1 atom stereocenters. The van der Waals surface area contributed by atoms with Gasteiger partial charge in [0.2, 0.25) is 5.78 Å². The minimum absolute atomic E-state index is 0.0952. The lowest BCUT2D eigenvalue weighted by Crippen LogP contribution is -2.40. The van der Waals surface area contributed by atoms with Crippen molar-refractivity contribution < 1.29 is 33.3 Å². The number of Topliss-reactive ketones (excluding diaryl/α,β-unsaturated/α-hetero) is 1. The smallest absolute Gasteiger partial charge is 0.355 e. The zero-order chi connectivity index (χ0) is 21.4. The third kappa shape index (κ3) is 5.86. The molecular formula is C20H20Br2O7. The van der Waals surface area contributed by atoms with Crippen molar-refractivity contribution in [3.8, 4) is 23.0 Å². The molecule has 0 saturated carbocycles. The molecule has 0 amide bonds. The normalized spacial score (nSPS) is 11.3. The summed E-state index contributed by atoms with van der Waals surface area (Å²) in [6.07, 6.45) is -1.53. The van der Waals surface area contributed by atoms with Crippen LogP contribution in [0.25, 0.3) is 0 Å². The number of ether oxygens (including phenoxy) is 5. The Bertz CT molecular complexity index is 870. The number of hydrogen-bond donors (Lipinski definition) is 0. The summed E-state index contributed by atoms with van der Waals surface area (Å²) in [6.45, 7) is 1.30. The van der Waals surface area contributed by atoms with Gasteiger partial charge in [-0.3, -0.25) is 4.79 Å². The molecule has 0 spiro atoms. The molecule has 0 saturated heterocycles. The van der Waals surface area contributed by atoms with Crippen molar-refractivity contribution in [1.29, 1.82) is 0 Å². The van der Waals surface area contributed by atoms with Crippen molar-refractivity contribution in [2.75, 3.05) is 27.4 Å². The summed E-state index contributed by atoms with van der Waals surface area (Å²) in [4.78, 5) is 25.2. The van der Waals surface area contributed by atoms with Gasteiger partial charge < -0.3 is 23.7 Å². The minimum Gasteiger partial charge on any atom is -0.493 e. The number of halogens is 2. The first-order valence-corrected chi connectivity index (χ1v) is 10.1. The molecule has 0 aliphatic carbocycles. The summed E-state index contributed by atoms with van der Waals surface area (Å²) >= 11 is 6.68. The van der Waals surface area contributed by atoms with Gasteiger partial charge in [-0.25, -0.2) is 4.79 Å². The standard InChI is InChI=1S/C20H20Br2O7/c1-4-27-20(24)19(29-18-13(22)8-6-10-16(18)26-3)14(23)11-28-17-12(21)7-5-9-15(17)25-2/h5-10,19H,4,11H2,1-3H3. The summed E-state index contributed by atoms with van der Waals surface area (Å²) in [5.74, 6) is -0.107. The quantitative estimate of drug-likeness (QED) is 0.336. The van der Waals surface area contributed by atoms with E-state index >= 15 is 0 Å². The molecule has 156 valence electrons. The highest BCUT2D eigenvalue weighted by Crippen LogP contribution is 2.37. The lowest BCUT2D eigenvalue weighted by molar-refractivity contribution is -0.156. The van der Waals surface area contributed by atoms with Gasteiger partial charge in [0.1, 0.15) is 0 Å². The Morgan fingerprint density at radius 3 is 2.03 bits per heavy atom. The number of para-hydroxylation sites is 2. The summed E-state index contributed by atoms with van der Waals surface area (Å²) in [6, 6.07) is 10.3. The van der Waals surface area contributed by atoms with Crippen molar-refractivity contribution in [2.45, 2.75) is 13.0 Å². The Kier molecular flexibility index (Phi) is 8.78. The van der Waals surface area contributed by atoms with Gasteiger partial charge in [-0.2, -0.15) is 0 Å². The number of esters is 1. The van der Waals surface area contributed by atoms with Crippen LogP contribution < -0.4 is 18.9 Å². The van der Waals surface area contributed by atoms with Crippen molar-refractivity contribution >= 4 is 43.6 Å².